The number of carbonyl (C=O) groups excluding carboxylic acids is 8. The van der Waals surface area contributed by atoms with E-state index in [0.717, 1.165) is 81.8 Å². The highest BCUT2D eigenvalue weighted by molar-refractivity contribution is 5.81. The highest BCUT2D eigenvalue weighted by atomic mass is 19.2. The molecular weight excluding hydrogens is 1490 g/mol. The van der Waals surface area contributed by atoms with Gasteiger partial charge in [0.05, 0.1) is 8.52 Å². The number of carboxylic acid groups (broad SMARTS) is 1. The number of halogens is 6. The van der Waals surface area contributed by atoms with Crippen LogP contribution in [0.1, 0.15) is 302 Å². The molecule has 0 saturated carbocycles. The van der Waals surface area contributed by atoms with E-state index < -0.39 is 77.8 Å². The van der Waals surface area contributed by atoms with Crippen LogP contribution in [0.25, 0.3) is 22.3 Å². The smallest absolute Gasteiger partial charge is 0.407 e. The summed E-state index contributed by atoms with van der Waals surface area (Å²) in [4.78, 5) is 98.3. The first kappa shape index (κ1) is 98.3. The fourth-order valence-corrected chi connectivity index (χ4v) is 13.5. The summed E-state index contributed by atoms with van der Waals surface area (Å²) in [6.07, 6.45) is 33.3. The molecule has 0 saturated heterocycles. The first-order chi connectivity index (χ1) is 55.6. The van der Waals surface area contributed by atoms with Gasteiger partial charge in [-0.3, -0.25) is 28.4 Å². The molecule has 0 bridgehead atoms. The van der Waals surface area contributed by atoms with E-state index in [1.807, 2.05) is 90.1 Å². The predicted molar refractivity (Wildman–Crippen MR) is 432 cm³/mol. The molecule has 115 heavy (non-hydrogen) atoms. The summed E-state index contributed by atoms with van der Waals surface area (Å²) >= 11 is 0. The van der Waals surface area contributed by atoms with Gasteiger partial charge in [0.15, 0.2) is 0 Å². The molecule has 7 rings (SSSR count). The number of carbonyl (C=O) groups is 7. The Labute approximate surface area is 678 Å². The molecule has 5 aromatic rings. The number of nitrogens with two attached hydrogens (primary N) is 1. The molecule has 638 valence electrons. The molecule has 2 aliphatic carbocycles. The Bertz CT molecular complexity index is 3640. The molecule has 0 heterocycles. The molecule has 1 atom stereocenters. The van der Waals surface area contributed by atoms with Crippen LogP contribution >= 0.6 is 0 Å². The topological polar surface area (TPSA) is 282 Å². The van der Waals surface area contributed by atoms with E-state index in [4.69, 9.17) is 40.7 Å². The minimum atomic E-state index is -2.29. The molecule has 0 aromatic heterocycles. The zero-order valence-electron chi connectivity index (χ0n) is 69.5. The van der Waals surface area contributed by atoms with Gasteiger partial charge in [-0.1, -0.05) is 251 Å². The monoisotopic (exact) mass is 1620 g/mol. The molecule has 0 unspecified atom stereocenters. The SMILES string of the molecule is CC(C)(C)OC(=O)CCCCCCCCCCCCCCCCC(=O)NCCCNC(=O)OCC1c2ccccc2-c2ccccc21.CC(C)(C)OC(=O)CCCCCCCCCCCCCCCCC(=O)Oc1c(F)c(F)c(F)c(F)c1F.N[C@@H](CCCNC(=O)OCC1c2ccccc2-c2ccccc21)C(=O)O.O=C=O.[2H]CF. The molecule has 25 heteroatoms. The number of rotatable bonds is 48. The molecule has 0 radical (unpaired) electrons. The summed E-state index contributed by atoms with van der Waals surface area (Å²) in [5.74, 6) is -14.5. The number of ether oxygens (including phenoxy) is 5. The zero-order valence-corrected chi connectivity index (χ0v) is 68.5. The van der Waals surface area contributed by atoms with Crippen molar-refractivity contribution in [1.82, 2.24) is 16.0 Å². The lowest BCUT2D eigenvalue weighted by Gasteiger charge is -2.19. The first-order valence-electron chi connectivity index (χ1n) is 41.7. The predicted octanol–water partition coefficient (Wildman–Crippen LogP) is 21.2. The Morgan fingerprint density at radius 2 is 0.678 bits per heavy atom. The number of benzene rings is 5. The van der Waals surface area contributed by atoms with Gasteiger partial charge in [-0.25, -0.2) is 22.8 Å². The zero-order chi connectivity index (χ0) is 85.5. The average molecular weight is 1620 g/mol. The van der Waals surface area contributed by atoms with Crippen LogP contribution in [0.5, 0.6) is 5.75 Å². The molecule has 0 fully saturated rings. The first-order valence-corrected chi connectivity index (χ1v) is 41.0. The summed E-state index contributed by atoms with van der Waals surface area (Å²) in [5.41, 5.74) is 14.1. The van der Waals surface area contributed by atoms with E-state index in [-0.39, 0.29) is 54.5 Å². The van der Waals surface area contributed by atoms with Crippen LogP contribution in [0.4, 0.5) is 35.9 Å². The van der Waals surface area contributed by atoms with Gasteiger partial charge in [0.1, 0.15) is 30.5 Å². The maximum absolute atomic E-state index is 13.5. The number of esters is 3. The molecule has 19 nitrogen and oxygen atoms in total. The van der Waals surface area contributed by atoms with Gasteiger partial charge >= 0.3 is 42.2 Å². The van der Waals surface area contributed by atoms with Crippen LogP contribution in [-0.2, 0) is 52.5 Å². The quantitative estimate of drug-likeness (QED) is 0.00460. The highest BCUT2D eigenvalue weighted by Crippen LogP contribution is 2.46. The van der Waals surface area contributed by atoms with Crippen molar-refractivity contribution >= 4 is 48.1 Å². The maximum atomic E-state index is 13.5. The van der Waals surface area contributed by atoms with E-state index in [9.17, 15) is 59.9 Å². The van der Waals surface area contributed by atoms with Gasteiger partial charge in [-0.2, -0.15) is 18.4 Å². The van der Waals surface area contributed by atoms with Crippen molar-refractivity contribution in [3.63, 3.8) is 0 Å². The van der Waals surface area contributed by atoms with Crippen LogP contribution in [0, 0.1) is 29.1 Å². The molecule has 2 aliphatic rings. The van der Waals surface area contributed by atoms with E-state index in [1.54, 1.807) is 0 Å². The van der Waals surface area contributed by atoms with Gasteiger partial charge in [0.25, 0.3) is 0 Å². The molecule has 5 aromatic carbocycles. The lowest BCUT2D eigenvalue weighted by atomic mass is 9.98. The Balaban J connectivity index is 0.000000450. The number of hydrogen-bond acceptors (Lipinski definition) is 15. The molecule has 3 amide bonds. The van der Waals surface area contributed by atoms with E-state index in [2.05, 4.69) is 69.2 Å². The third-order valence-corrected chi connectivity index (χ3v) is 19.2. The second kappa shape index (κ2) is 57.9. The lowest BCUT2D eigenvalue weighted by molar-refractivity contribution is -0.192. The number of fused-ring (bicyclic) bond motifs is 6. The van der Waals surface area contributed by atoms with E-state index in [0.29, 0.717) is 77.6 Å². The molecular formula is C90H126F6N4O15. The number of aliphatic carboxylic acids is 1. The van der Waals surface area contributed by atoms with Gasteiger partial charge < -0.3 is 50.5 Å². The maximum Gasteiger partial charge on any atom is 0.407 e. The number of hydrogen-bond donors (Lipinski definition) is 5. The minimum absolute atomic E-state index is 0.0218. The number of alkyl halides is 1. The van der Waals surface area contributed by atoms with E-state index >= 15 is 0 Å². The van der Waals surface area contributed by atoms with Crippen LogP contribution in [0.3, 0.4) is 0 Å². The fraction of sp³-hybridized carbons (Fsp3) is 0.578. The third-order valence-electron chi connectivity index (χ3n) is 19.2. The van der Waals surface area contributed by atoms with Crippen molar-refractivity contribution < 1.29 is 99.7 Å². The van der Waals surface area contributed by atoms with Crippen molar-refractivity contribution in [3.8, 4) is 28.0 Å². The van der Waals surface area contributed by atoms with Crippen LogP contribution in [0.2, 0.25) is 0 Å². The van der Waals surface area contributed by atoms with Crippen LogP contribution in [-0.4, -0.2) is 110 Å². The Kier molecular flexibility index (Phi) is 49.5. The van der Waals surface area contributed by atoms with Gasteiger partial charge in [0.2, 0.25) is 40.7 Å². The van der Waals surface area contributed by atoms with E-state index in [1.165, 1.54) is 130 Å². The van der Waals surface area contributed by atoms with Gasteiger partial charge in [-0.15, -0.1) is 0 Å². The molecule has 0 aliphatic heterocycles. The largest absolute Gasteiger partial charge is 0.480 e. The summed E-state index contributed by atoms with van der Waals surface area (Å²) < 4.78 is 108. The number of alkyl carbamates (subject to hydrolysis) is 2. The second-order valence-corrected chi connectivity index (χ2v) is 30.8. The number of carboxylic acids is 1. The van der Waals surface area contributed by atoms with Crippen molar-refractivity contribution in [2.75, 3.05) is 40.0 Å². The van der Waals surface area contributed by atoms with Crippen LogP contribution < -0.4 is 26.4 Å². The Hall–Kier alpha value is -9.09. The average Bonchev–Trinajstić information content (AvgIpc) is 1.62. The Morgan fingerprint density at radius 1 is 0.417 bits per heavy atom. The normalized spacial score (nSPS) is 12.1. The summed E-state index contributed by atoms with van der Waals surface area (Å²) in [7, 11) is -1.00. The Morgan fingerprint density at radius 3 is 0.983 bits per heavy atom. The van der Waals surface area contributed by atoms with Gasteiger partial charge in [-0.05, 0) is 131 Å². The highest BCUT2D eigenvalue weighted by Gasteiger charge is 2.32. The van der Waals surface area contributed by atoms with Crippen LogP contribution in [0.15, 0.2) is 97.1 Å². The number of unbranched alkanes of at least 4 members (excludes halogenated alkanes) is 26. The summed E-state index contributed by atoms with van der Waals surface area (Å²) in [6, 6.07) is 32.0. The fourth-order valence-electron chi connectivity index (χ4n) is 13.5. The molecule has 6 N–H and O–H groups in total. The van der Waals surface area contributed by atoms with Crippen molar-refractivity contribution in [3.05, 3.63) is 148 Å². The van der Waals surface area contributed by atoms with Crippen molar-refractivity contribution in [2.45, 2.75) is 295 Å². The standard InChI is InChI=1S/C40H60N2O5.C28H41F5O4.C20H22N2O4.CH3F.CO2/c1-40(2,3)47-38(44)28-17-15-13-11-9-7-5-4-6-8-10-12-14-16-27-37(43)41-29-22-30-42-39(45)46-31-36-34-25-20-18-23-32(34)33-24-19-21-26-35(33)36;1-28(2,3)37-21(35)19-17-15-13-11-9-7-5-4-6-8-10-12-14-16-18-20(34)36-27-25(32)23(30)22(29)24(31)26(27)33;21-18(19(23)24)10-5-11-22-20(25)26-12-17-15-8-3-1-6-13(15)14-7-2-4-9-16(14)17;1-2;2-1-3/h18-21,23-26,36H,4-17,22,27-31H2,1-3H3,(H,41,43)(H,42,45);4-19H2,1-3H3;1-4,6-9,17-18H,5,10-12,21H2,(H,22,25)(H,23,24);1H3;/t;;18-;;/m..0../s1/i;;;1D;. The van der Waals surface area contributed by atoms with Crippen molar-refractivity contribution in [2.24, 2.45) is 5.73 Å². The second-order valence-electron chi connectivity index (χ2n) is 30.8. The number of amides is 3. The summed E-state index contributed by atoms with van der Waals surface area (Å²) in [5, 5.41) is 17.1. The summed E-state index contributed by atoms with van der Waals surface area (Å²) in [6.45, 7) is 13.3. The van der Waals surface area contributed by atoms with Gasteiger partial charge in [0, 0.05) is 57.2 Å². The minimum Gasteiger partial charge on any atom is -0.480 e. The lowest BCUT2D eigenvalue weighted by Crippen LogP contribution is -2.32. The molecule has 0 spiro atoms. The number of nitrogens with one attached hydrogen (secondary N) is 3. The van der Waals surface area contributed by atoms with Crippen molar-refractivity contribution in [1.29, 1.82) is 0 Å². The third kappa shape index (κ3) is 41.4.